The summed E-state index contributed by atoms with van der Waals surface area (Å²) in [5.41, 5.74) is 1.49. The molecule has 3 amide bonds. The largest absolute Gasteiger partial charge is 0.444 e. The number of anilines is 1. The molecule has 0 saturated carbocycles. The number of benzene rings is 2. The summed E-state index contributed by atoms with van der Waals surface area (Å²) < 4.78 is 5.38. The molecule has 1 unspecified atom stereocenters. The predicted molar refractivity (Wildman–Crippen MR) is 144 cm³/mol. The van der Waals surface area contributed by atoms with Crippen LogP contribution >= 0.6 is 11.8 Å². The minimum absolute atomic E-state index is 0.132. The fourth-order valence-corrected chi connectivity index (χ4v) is 4.96. The van der Waals surface area contributed by atoms with Gasteiger partial charge in [0.15, 0.2) is 0 Å². The number of ether oxygens (including phenoxy) is 1. The molecule has 2 aromatic rings. The highest BCUT2D eigenvalue weighted by molar-refractivity contribution is 7.99. The first-order chi connectivity index (χ1) is 17.1. The first kappa shape index (κ1) is 27.6. The summed E-state index contributed by atoms with van der Waals surface area (Å²) in [7, 11) is 1.52. The van der Waals surface area contributed by atoms with Gasteiger partial charge >= 0.3 is 6.09 Å². The highest BCUT2D eigenvalue weighted by atomic mass is 32.2. The quantitative estimate of drug-likeness (QED) is 0.511. The fourth-order valence-electron chi connectivity index (χ4n) is 3.89. The van der Waals surface area contributed by atoms with Crippen LogP contribution in [0.4, 0.5) is 10.5 Å². The molecule has 1 aliphatic heterocycles. The van der Waals surface area contributed by atoms with E-state index in [1.807, 2.05) is 42.5 Å². The summed E-state index contributed by atoms with van der Waals surface area (Å²) in [6.45, 7) is 7.53. The van der Waals surface area contributed by atoms with E-state index in [2.05, 4.69) is 17.4 Å². The summed E-state index contributed by atoms with van der Waals surface area (Å²) in [6.07, 6.45) is 2.17. The van der Waals surface area contributed by atoms with Crippen LogP contribution in [0.2, 0.25) is 0 Å². The smallest absolute Gasteiger partial charge is 0.410 e. The molecular weight excluding hydrogens is 474 g/mol. The Morgan fingerprint density at radius 1 is 1.11 bits per heavy atom. The van der Waals surface area contributed by atoms with E-state index in [4.69, 9.17) is 4.74 Å². The number of carbonyl (C=O) groups is 3. The zero-order valence-electron chi connectivity index (χ0n) is 21.8. The molecule has 2 atom stereocenters. The molecule has 0 radical (unpaired) electrons. The molecule has 2 aromatic carbocycles. The molecule has 0 fully saturated rings. The molecule has 8 heteroatoms. The number of hydrogen-bond donors (Lipinski definition) is 1. The third kappa shape index (κ3) is 7.50. The first-order valence-electron chi connectivity index (χ1n) is 12.4. The van der Waals surface area contributed by atoms with Crippen LogP contribution in [-0.2, 0) is 20.7 Å². The molecule has 3 rings (SSSR count). The lowest BCUT2D eigenvalue weighted by Gasteiger charge is -2.30. The van der Waals surface area contributed by atoms with E-state index < -0.39 is 29.7 Å². The summed E-state index contributed by atoms with van der Waals surface area (Å²) in [6, 6.07) is 16.7. The Kier molecular flexibility index (Phi) is 9.43. The lowest BCUT2D eigenvalue weighted by Crippen LogP contribution is -2.55. The first-order valence-corrected chi connectivity index (χ1v) is 13.4. The molecule has 1 aliphatic rings. The maximum absolute atomic E-state index is 13.6. The van der Waals surface area contributed by atoms with Crippen LogP contribution in [-0.4, -0.2) is 59.8 Å². The van der Waals surface area contributed by atoms with Crippen LogP contribution in [0.5, 0.6) is 0 Å². The van der Waals surface area contributed by atoms with Crippen LogP contribution in [0, 0.1) is 0 Å². The van der Waals surface area contributed by atoms with Gasteiger partial charge in [0.2, 0.25) is 11.8 Å². The van der Waals surface area contributed by atoms with Crippen molar-refractivity contribution in [1.29, 1.82) is 0 Å². The van der Waals surface area contributed by atoms with Gasteiger partial charge in [0.05, 0.1) is 5.69 Å². The number of unbranched alkanes of at least 4 members (excludes halogenated alkanes) is 1. The van der Waals surface area contributed by atoms with Crippen LogP contribution < -0.4 is 10.2 Å². The van der Waals surface area contributed by atoms with Crippen molar-refractivity contribution < 1.29 is 19.1 Å². The normalized spacial score (nSPS) is 16.5. The molecule has 0 saturated heterocycles. The number of nitrogens with zero attached hydrogens (tertiary/aromatic N) is 2. The second-order valence-electron chi connectivity index (χ2n) is 10.0. The predicted octanol–water partition coefficient (Wildman–Crippen LogP) is 4.89. The topological polar surface area (TPSA) is 79.0 Å². The Morgan fingerprint density at radius 2 is 1.78 bits per heavy atom. The summed E-state index contributed by atoms with van der Waals surface area (Å²) in [4.78, 5) is 43.1. The Morgan fingerprint density at radius 3 is 2.47 bits per heavy atom. The molecule has 36 heavy (non-hydrogen) atoms. The van der Waals surface area contributed by atoms with Gasteiger partial charge < -0.3 is 15.0 Å². The molecule has 194 valence electrons. The average Bonchev–Trinajstić information content (AvgIpc) is 2.97. The number of aryl methyl sites for hydroxylation is 1. The number of hydrogen-bond acceptors (Lipinski definition) is 5. The number of para-hydroxylation sites is 1. The van der Waals surface area contributed by atoms with Gasteiger partial charge in [-0.25, -0.2) is 4.79 Å². The standard InChI is InChI=1S/C28H37N3O4S/c1-20(30(5)27(34)35-28(2,3)4)25(32)29-22-19-36-24-17-10-9-16-23(24)31(26(22)33)18-12-11-15-21-13-7-6-8-14-21/h6-10,13-14,16-17,20,22H,11-12,15,18-19H2,1-5H3,(H,29,32)/t20-,22?/m0/s1. The minimum Gasteiger partial charge on any atom is -0.444 e. The second kappa shape index (κ2) is 12.3. The maximum Gasteiger partial charge on any atom is 0.410 e. The molecule has 0 spiro atoms. The Labute approximate surface area is 218 Å². The maximum atomic E-state index is 13.6. The van der Waals surface area contributed by atoms with Crippen molar-refractivity contribution in [3.8, 4) is 0 Å². The Hall–Kier alpha value is -3.00. The average molecular weight is 512 g/mol. The highest BCUT2D eigenvalue weighted by Gasteiger charge is 2.34. The SMILES string of the molecule is C[C@@H](C(=O)NC1CSc2ccccc2N(CCCCc2ccccc2)C1=O)N(C)C(=O)OC(C)(C)C. The van der Waals surface area contributed by atoms with E-state index in [1.165, 1.54) is 17.5 Å². The van der Waals surface area contributed by atoms with Gasteiger partial charge in [-0.3, -0.25) is 14.5 Å². The summed E-state index contributed by atoms with van der Waals surface area (Å²) in [5.74, 6) is -0.102. The molecule has 0 aromatic heterocycles. The van der Waals surface area contributed by atoms with Crippen LogP contribution in [0.15, 0.2) is 59.5 Å². The number of likely N-dealkylation sites (N-methyl/N-ethyl adjacent to an activating group) is 1. The van der Waals surface area contributed by atoms with Crippen molar-refractivity contribution in [2.75, 3.05) is 24.2 Å². The fraction of sp³-hybridized carbons (Fsp3) is 0.464. The van der Waals surface area contributed by atoms with Crippen LogP contribution in [0.25, 0.3) is 0 Å². The number of fused-ring (bicyclic) bond motifs is 1. The minimum atomic E-state index is -0.789. The Balaban J connectivity index is 1.66. The molecule has 1 N–H and O–H groups in total. The van der Waals surface area contributed by atoms with Gasteiger partial charge in [0, 0.05) is 24.2 Å². The van der Waals surface area contributed by atoms with Crippen molar-refractivity contribution >= 4 is 35.4 Å². The van der Waals surface area contributed by atoms with Gasteiger partial charge in [-0.15, -0.1) is 11.8 Å². The lowest BCUT2D eigenvalue weighted by molar-refractivity contribution is -0.129. The monoisotopic (exact) mass is 511 g/mol. The number of nitrogens with one attached hydrogen (secondary N) is 1. The summed E-state index contributed by atoms with van der Waals surface area (Å²) in [5, 5.41) is 2.89. The van der Waals surface area contributed by atoms with E-state index in [0.717, 1.165) is 29.8 Å². The van der Waals surface area contributed by atoms with Crippen LogP contribution in [0.3, 0.4) is 0 Å². The molecular formula is C28H37N3O4S. The van der Waals surface area contributed by atoms with Crippen molar-refractivity contribution in [2.45, 2.75) is 69.5 Å². The zero-order valence-corrected chi connectivity index (χ0v) is 22.6. The molecule has 1 heterocycles. The van der Waals surface area contributed by atoms with E-state index >= 15 is 0 Å². The highest BCUT2D eigenvalue weighted by Crippen LogP contribution is 2.34. The van der Waals surface area contributed by atoms with E-state index in [1.54, 1.807) is 44.4 Å². The van der Waals surface area contributed by atoms with Gasteiger partial charge in [0.25, 0.3) is 0 Å². The van der Waals surface area contributed by atoms with E-state index in [9.17, 15) is 14.4 Å². The molecule has 7 nitrogen and oxygen atoms in total. The number of rotatable bonds is 8. The van der Waals surface area contributed by atoms with Gasteiger partial charge in [-0.2, -0.15) is 0 Å². The lowest BCUT2D eigenvalue weighted by atomic mass is 10.1. The van der Waals surface area contributed by atoms with Crippen LogP contribution in [0.1, 0.15) is 46.1 Å². The van der Waals surface area contributed by atoms with Gasteiger partial charge in [-0.05, 0) is 64.7 Å². The number of thioether (sulfide) groups is 1. The Bertz CT molecular complexity index is 1050. The summed E-state index contributed by atoms with van der Waals surface area (Å²) >= 11 is 1.56. The van der Waals surface area contributed by atoms with E-state index in [0.29, 0.717) is 12.3 Å². The zero-order chi connectivity index (χ0) is 26.3. The third-order valence-electron chi connectivity index (χ3n) is 6.02. The van der Waals surface area contributed by atoms with E-state index in [-0.39, 0.29) is 5.91 Å². The van der Waals surface area contributed by atoms with Crippen molar-refractivity contribution in [1.82, 2.24) is 10.2 Å². The molecule has 0 aliphatic carbocycles. The number of carbonyl (C=O) groups excluding carboxylic acids is 3. The third-order valence-corrected chi connectivity index (χ3v) is 7.18. The van der Waals surface area contributed by atoms with Gasteiger partial charge in [-0.1, -0.05) is 42.5 Å². The second-order valence-corrected chi connectivity index (χ2v) is 11.1. The van der Waals surface area contributed by atoms with Gasteiger partial charge in [0.1, 0.15) is 17.7 Å². The molecule has 0 bridgehead atoms. The van der Waals surface area contributed by atoms with Crippen molar-refractivity contribution in [2.24, 2.45) is 0 Å². The van der Waals surface area contributed by atoms with Crippen molar-refractivity contribution in [3.63, 3.8) is 0 Å². The van der Waals surface area contributed by atoms with Crippen molar-refractivity contribution in [3.05, 3.63) is 60.2 Å². The number of amides is 3.